The summed E-state index contributed by atoms with van der Waals surface area (Å²) < 4.78 is 10.4. The zero-order valence-electron chi connectivity index (χ0n) is 21.4. The molecule has 0 saturated heterocycles. The maximum Gasteiger partial charge on any atom is 0.328 e. The summed E-state index contributed by atoms with van der Waals surface area (Å²) in [5.41, 5.74) is 0.458. The van der Waals surface area contributed by atoms with Crippen molar-refractivity contribution < 1.29 is 28.7 Å². The van der Waals surface area contributed by atoms with Crippen LogP contribution in [0.2, 0.25) is 0 Å². The summed E-state index contributed by atoms with van der Waals surface area (Å²) in [5.74, 6) is -1.60. The number of benzene rings is 1. The van der Waals surface area contributed by atoms with Crippen molar-refractivity contribution >= 4 is 23.6 Å². The van der Waals surface area contributed by atoms with E-state index in [-0.39, 0.29) is 6.42 Å². The molecule has 1 aromatic rings. The van der Waals surface area contributed by atoms with E-state index in [4.69, 9.17) is 9.47 Å². The van der Waals surface area contributed by atoms with Gasteiger partial charge in [0.1, 0.15) is 23.4 Å². The lowest BCUT2D eigenvalue weighted by Crippen LogP contribution is -2.52. The van der Waals surface area contributed by atoms with E-state index in [9.17, 15) is 19.2 Å². The Morgan fingerprint density at radius 1 is 0.971 bits per heavy atom. The number of amides is 2. The van der Waals surface area contributed by atoms with Crippen molar-refractivity contribution in [3.05, 3.63) is 29.8 Å². The Hall–Kier alpha value is -2.90. The second-order valence-corrected chi connectivity index (χ2v) is 9.41. The molecule has 0 aromatic heterocycles. The number of ether oxygens (including phenoxy) is 2. The predicted octanol–water partition coefficient (Wildman–Crippen LogP) is 3.50. The molecule has 0 radical (unpaired) electrons. The molecule has 2 amide bonds. The highest BCUT2D eigenvalue weighted by molar-refractivity contribution is 6.36. The first-order valence-electron chi connectivity index (χ1n) is 12.0. The highest BCUT2D eigenvalue weighted by Gasteiger charge is 2.28. The van der Waals surface area contributed by atoms with Gasteiger partial charge in [-0.2, -0.15) is 0 Å². The standard InChI is InChI=1S/C26H40N2O6/c1-7-8-12-21(23(30)27-18(2)25(32)34-26(3,4)5)28-24(31)22(29)13-10-9-11-19-14-16-20(33-6)17-15-19/h14-18,21H,7-13H2,1-6H3,(H,27,30)(H,28,31)/t18-,21+/m1/s1. The fraction of sp³-hybridized carbons (Fsp3) is 0.615. The largest absolute Gasteiger partial charge is 0.497 e. The maximum absolute atomic E-state index is 12.7. The summed E-state index contributed by atoms with van der Waals surface area (Å²) in [6.45, 7) is 8.72. The monoisotopic (exact) mass is 476 g/mol. The van der Waals surface area contributed by atoms with Crippen molar-refractivity contribution in [1.29, 1.82) is 0 Å². The Balaban J connectivity index is 2.54. The molecular weight excluding hydrogens is 436 g/mol. The van der Waals surface area contributed by atoms with Gasteiger partial charge in [0.15, 0.2) is 0 Å². The van der Waals surface area contributed by atoms with Crippen LogP contribution in [0.3, 0.4) is 0 Å². The van der Waals surface area contributed by atoms with E-state index < -0.39 is 41.3 Å². The van der Waals surface area contributed by atoms with Crippen LogP contribution in [-0.4, -0.2) is 48.4 Å². The minimum absolute atomic E-state index is 0.110. The lowest BCUT2D eigenvalue weighted by Gasteiger charge is -2.24. The van der Waals surface area contributed by atoms with Crippen molar-refractivity contribution in [2.75, 3.05) is 7.11 Å². The molecule has 1 rings (SSSR count). The van der Waals surface area contributed by atoms with E-state index in [1.165, 1.54) is 6.92 Å². The zero-order chi connectivity index (χ0) is 25.7. The molecule has 0 heterocycles. The van der Waals surface area contributed by atoms with Crippen LogP contribution in [0.4, 0.5) is 0 Å². The van der Waals surface area contributed by atoms with E-state index in [0.29, 0.717) is 19.3 Å². The van der Waals surface area contributed by atoms with Crippen molar-refractivity contribution in [1.82, 2.24) is 10.6 Å². The topological polar surface area (TPSA) is 111 Å². The molecule has 0 fully saturated rings. The fourth-order valence-electron chi connectivity index (χ4n) is 3.20. The molecule has 0 aliphatic rings. The molecule has 190 valence electrons. The molecule has 0 bridgehead atoms. The summed E-state index contributed by atoms with van der Waals surface area (Å²) in [6, 6.07) is 5.96. The molecule has 0 spiro atoms. The highest BCUT2D eigenvalue weighted by atomic mass is 16.6. The van der Waals surface area contributed by atoms with Crippen LogP contribution in [0.5, 0.6) is 5.75 Å². The summed E-state index contributed by atoms with van der Waals surface area (Å²) in [4.78, 5) is 49.6. The fourth-order valence-corrected chi connectivity index (χ4v) is 3.20. The van der Waals surface area contributed by atoms with Gasteiger partial charge < -0.3 is 20.1 Å². The van der Waals surface area contributed by atoms with E-state index >= 15 is 0 Å². The number of nitrogens with one attached hydrogen (secondary N) is 2. The maximum atomic E-state index is 12.7. The first-order chi connectivity index (χ1) is 16.0. The quantitative estimate of drug-likeness (QED) is 0.242. The Morgan fingerprint density at radius 3 is 2.18 bits per heavy atom. The van der Waals surface area contributed by atoms with Gasteiger partial charge in [-0.1, -0.05) is 31.9 Å². The number of carbonyl (C=O) groups is 4. The molecular formula is C26H40N2O6. The van der Waals surface area contributed by atoms with Crippen molar-refractivity contribution in [2.24, 2.45) is 0 Å². The lowest BCUT2D eigenvalue weighted by molar-refractivity contribution is -0.158. The molecule has 8 nitrogen and oxygen atoms in total. The number of ketones is 1. The van der Waals surface area contributed by atoms with Crippen molar-refractivity contribution in [2.45, 2.75) is 97.2 Å². The van der Waals surface area contributed by atoms with Crippen LogP contribution in [-0.2, 0) is 30.3 Å². The number of rotatable bonds is 14. The van der Waals surface area contributed by atoms with Crippen LogP contribution >= 0.6 is 0 Å². The Bertz CT molecular complexity index is 814. The van der Waals surface area contributed by atoms with Gasteiger partial charge >= 0.3 is 5.97 Å². The minimum atomic E-state index is -0.888. The Labute approximate surface area is 203 Å². The summed E-state index contributed by atoms with van der Waals surface area (Å²) in [7, 11) is 1.61. The van der Waals surface area contributed by atoms with Gasteiger partial charge in [-0.25, -0.2) is 4.79 Å². The minimum Gasteiger partial charge on any atom is -0.497 e. The molecule has 0 saturated carbocycles. The summed E-state index contributed by atoms with van der Waals surface area (Å²) in [6.07, 6.45) is 4.12. The van der Waals surface area contributed by atoms with E-state index in [2.05, 4.69) is 10.6 Å². The Kier molecular flexibility index (Phi) is 12.3. The van der Waals surface area contributed by atoms with Crippen LogP contribution in [0, 0.1) is 0 Å². The number of aryl methyl sites for hydroxylation is 1. The third-order valence-electron chi connectivity index (χ3n) is 5.12. The molecule has 1 aromatic carbocycles. The van der Waals surface area contributed by atoms with Gasteiger partial charge in [0.2, 0.25) is 11.7 Å². The number of esters is 1. The summed E-state index contributed by atoms with van der Waals surface area (Å²) >= 11 is 0. The van der Waals surface area contributed by atoms with Crippen LogP contribution in [0.25, 0.3) is 0 Å². The molecule has 34 heavy (non-hydrogen) atoms. The van der Waals surface area contributed by atoms with Crippen molar-refractivity contribution in [3.8, 4) is 5.75 Å². The number of carbonyl (C=O) groups excluding carboxylic acids is 4. The molecule has 8 heteroatoms. The van der Waals surface area contributed by atoms with Gasteiger partial charge in [-0.05, 0) is 71.1 Å². The second-order valence-electron chi connectivity index (χ2n) is 9.41. The van der Waals surface area contributed by atoms with E-state index in [0.717, 1.165) is 30.6 Å². The first kappa shape index (κ1) is 29.1. The van der Waals surface area contributed by atoms with Gasteiger partial charge in [-0.15, -0.1) is 0 Å². The van der Waals surface area contributed by atoms with Crippen LogP contribution < -0.4 is 15.4 Å². The SMILES string of the molecule is CCCC[C@H](NC(=O)C(=O)CCCCc1ccc(OC)cc1)C(=O)N[C@H](C)C(=O)OC(C)(C)C. The first-order valence-corrected chi connectivity index (χ1v) is 12.0. The molecule has 0 aliphatic heterocycles. The summed E-state index contributed by atoms with van der Waals surface area (Å²) in [5, 5.41) is 5.13. The highest BCUT2D eigenvalue weighted by Crippen LogP contribution is 2.14. The lowest BCUT2D eigenvalue weighted by atomic mass is 10.0. The van der Waals surface area contributed by atoms with Gasteiger partial charge in [0, 0.05) is 6.42 Å². The van der Waals surface area contributed by atoms with Gasteiger partial charge in [0.05, 0.1) is 7.11 Å². The normalized spacial score (nSPS) is 12.9. The smallest absolute Gasteiger partial charge is 0.328 e. The van der Waals surface area contributed by atoms with Crippen LogP contribution in [0.15, 0.2) is 24.3 Å². The predicted molar refractivity (Wildman–Crippen MR) is 130 cm³/mol. The van der Waals surface area contributed by atoms with Gasteiger partial charge in [-0.3, -0.25) is 14.4 Å². The van der Waals surface area contributed by atoms with E-state index in [1.807, 2.05) is 31.2 Å². The average molecular weight is 477 g/mol. The second kappa shape index (κ2) is 14.4. The third-order valence-corrected chi connectivity index (χ3v) is 5.12. The number of methoxy groups -OCH3 is 1. The number of Topliss-reactive ketones (excluding diaryl/α,β-unsaturated/α-hetero) is 1. The molecule has 0 unspecified atom stereocenters. The average Bonchev–Trinajstić information content (AvgIpc) is 2.78. The van der Waals surface area contributed by atoms with Gasteiger partial charge in [0.25, 0.3) is 5.91 Å². The zero-order valence-corrected chi connectivity index (χ0v) is 21.4. The number of hydrogen-bond acceptors (Lipinski definition) is 6. The van der Waals surface area contributed by atoms with E-state index in [1.54, 1.807) is 27.9 Å². The number of unbranched alkanes of at least 4 members (excludes halogenated alkanes) is 2. The molecule has 2 atom stereocenters. The molecule has 0 aliphatic carbocycles. The van der Waals surface area contributed by atoms with Crippen molar-refractivity contribution in [3.63, 3.8) is 0 Å². The Morgan fingerprint density at radius 2 is 1.62 bits per heavy atom. The third kappa shape index (κ3) is 11.3. The number of hydrogen-bond donors (Lipinski definition) is 2. The van der Waals surface area contributed by atoms with Crippen LogP contribution in [0.1, 0.15) is 78.7 Å². The molecule has 2 N–H and O–H groups in total.